The number of cyclic esters (lactones) is 3. The van der Waals surface area contributed by atoms with Crippen LogP contribution in [0, 0.1) is 0 Å². The second-order valence-corrected chi connectivity index (χ2v) is 10.2. The van der Waals surface area contributed by atoms with Gasteiger partial charge in [-0.2, -0.15) is 0 Å². The third-order valence-electron chi connectivity index (χ3n) is 6.54. The Morgan fingerprint density at radius 2 is 0.729 bits per heavy atom. The van der Waals surface area contributed by atoms with Gasteiger partial charge in [0.05, 0.1) is 0 Å². The van der Waals surface area contributed by atoms with Gasteiger partial charge in [-0.3, -0.25) is 0 Å². The van der Waals surface area contributed by atoms with Crippen molar-refractivity contribution in [1.82, 2.24) is 16.0 Å². The molecule has 0 radical (unpaired) electrons. The van der Waals surface area contributed by atoms with Gasteiger partial charge in [-0.1, -0.05) is 91.0 Å². The first kappa shape index (κ1) is 34.7. The number of benzene rings is 3. The van der Waals surface area contributed by atoms with E-state index in [0.29, 0.717) is 16.7 Å². The van der Waals surface area contributed by atoms with E-state index in [2.05, 4.69) is 16.0 Å². The van der Waals surface area contributed by atoms with E-state index in [1.165, 1.54) is 0 Å². The number of esters is 3. The van der Waals surface area contributed by atoms with E-state index in [4.69, 9.17) is 28.4 Å². The van der Waals surface area contributed by atoms with Gasteiger partial charge in [0, 0.05) is 0 Å². The largest absolute Gasteiger partial charge is 0.461 e. The molecule has 48 heavy (non-hydrogen) atoms. The number of carbonyl (C=O) groups is 6. The molecule has 1 aliphatic rings. The molecule has 0 unspecified atom stereocenters. The predicted molar refractivity (Wildman–Crippen MR) is 164 cm³/mol. The van der Waals surface area contributed by atoms with Gasteiger partial charge in [0.1, 0.15) is 39.6 Å². The first-order valence-electron chi connectivity index (χ1n) is 14.7. The second kappa shape index (κ2) is 18.1. The molecule has 3 N–H and O–H groups in total. The van der Waals surface area contributed by atoms with Crippen LogP contribution in [0.3, 0.4) is 0 Å². The Bertz CT molecular complexity index is 1350. The first-order valence-corrected chi connectivity index (χ1v) is 14.7. The van der Waals surface area contributed by atoms with Gasteiger partial charge in [0.2, 0.25) is 0 Å². The fraction of sp³-hybridized carbons (Fsp3) is 0.273. The Balaban J connectivity index is 1.44. The molecule has 3 aromatic carbocycles. The minimum Gasteiger partial charge on any atom is -0.461 e. The fourth-order valence-corrected chi connectivity index (χ4v) is 4.03. The molecule has 3 atom stereocenters. The Morgan fingerprint density at radius 3 is 0.979 bits per heavy atom. The molecule has 4 rings (SSSR count). The number of amides is 3. The van der Waals surface area contributed by atoms with Crippen LogP contribution in [0.2, 0.25) is 0 Å². The summed E-state index contributed by atoms with van der Waals surface area (Å²) in [5, 5.41) is 6.77. The zero-order chi connectivity index (χ0) is 34.1. The van der Waals surface area contributed by atoms with Gasteiger partial charge in [0.25, 0.3) is 0 Å². The van der Waals surface area contributed by atoms with Gasteiger partial charge < -0.3 is 44.4 Å². The maximum atomic E-state index is 13.0. The third-order valence-corrected chi connectivity index (χ3v) is 6.54. The van der Waals surface area contributed by atoms with Crippen LogP contribution >= 0.6 is 0 Å². The molecule has 1 saturated heterocycles. The predicted octanol–water partition coefficient (Wildman–Crippen LogP) is 2.51. The Labute approximate surface area is 274 Å². The number of rotatable bonds is 9. The van der Waals surface area contributed by atoms with Crippen molar-refractivity contribution >= 4 is 36.2 Å². The number of nitrogens with one attached hydrogen (secondary N) is 3. The van der Waals surface area contributed by atoms with Gasteiger partial charge in [-0.15, -0.1) is 0 Å². The maximum Gasteiger partial charge on any atom is 0.408 e. The molecule has 3 aromatic rings. The van der Waals surface area contributed by atoms with Crippen LogP contribution in [0.5, 0.6) is 0 Å². The topological polar surface area (TPSA) is 194 Å². The molecule has 0 bridgehead atoms. The average molecular weight is 664 g/mol. The van der Waals surface area contributed by atoms with Crippen LogP contribution in [0.25, 0.3) is 0 Å². The van der Waals surface area contributed by atoms with Crippen LogP contribution in [-0.4, -0.2) is 74.1 Å². The monoisotopic (exact) mass is 663 g/mol. The van der Waals surface area contributed by atoms with E-state index >= 15 is 0 Å². The Hall–Kier alpha value is -6.12. The van der Waals surface area contributed by atoms with E-state index in [1.807, 2.05) is 0 Å². The van der Waals surface area contributed by atoms with E-state index in [1.54, 1.807) is 91.0 Å². The highest BCUT2D eigenvalue weighted by Gasteiger charge is 2.34. The van der Waals surface area contributed by atoms with E-state index in [0.717, 1.165) is 0 Å². The zero-order valence-corrected chi connectivity index (χ0v) is 25.5. The van der Waals surface area contributed by atoms with Gasteiger partial charge in [-0.25, -0.2) is 28.8 Å². The highest BCUT2D eigenvalue weighted by Crippen LogP contribution is 2.07. The Kier molecular flexibility index (Phi) is 13.1. The molecule has 1 heterocycles. The summed E-state index contributed by atoms with van der Waals surface area (Å²) in [5.41, 5.74) is 2.00. The summed E-state index contributed by atoms with van der Waals surface area (Å²) in [7, 11) is 0. The van der Waals surface area contributed by atoms with E-state index < -0.39 is 74.1 Å². The average Bonchev–Trinajstić information content (AvgIpc) is 3.11. The third kappa shape index (κ3) is 11.7. The standard InChI is InChI=1S/C33H33N3O12/c37-28-25(34-31(40)46-16-22-10-4-1-5-11-22)19-43-29(38)27(36-33(42)48-18-24-14-8-3-9-15-24)21-45-30(39)26(20-44-28)35-32(41)47-17-23-12-6-2-7-13-23/h1-15,25-27H,16-21H2,(H,34,40)(H,35,41)(H,36,42)/t25-,26-,27-/m0/s1. The minimum atomic E-state index is -1.61. The lowest BCUT2D eigenvalue weighted by molar-refractivity contribution is -0.161. The van der Waals surface area contributed by atoms with Crippen molar-refractivity contribution in [3.05, 3.63) is 108 Å². The smallest absolute Gasteiger partial charge is 0.408 e. The highest BCUT2D eigenvalue weighted by atomic mass is 16.6. The van der Waals surface area contributed by atoms with Crippen molar-refractivity contribution in [2.75, 3.05) is 19.8 Å². The number of hydrogen-bond donors (Lipinski definition) is 3. The molecule has 0 saturated carbocycles. The molecule has 1 fully saturated rings. The molecule has 3 amide bonds. The molecule has 0 spiro atoms. The lowest BCUT2D eigenvalue weighted by Crippen LogP contribution is -2.52. The van der Waals surface area contributed by atoms with E-state index in [-0.39, 0.29) is 19.8 Å². The van der Waals surface area contributed by atoms with Crippen LogP contribution in [0.4, 0.5) is 14.4 Å². The summed E-state index contributed by atoms with van der Waals surface area (Å²) in [6.45, 7) is -2.64. The van der Waals surface area contributed by atoms with E-state index in [9.17, 15) is 28.8 Å². The molecule has 0 aliphatic carbocycles. The van der Waals surface area contributed by atoms with Crippen molar-refractivity contribution in [3.63, 3.8) is 0 Å². The lowest BCUT2D eigenvalue weighted by atomic mass is 10.2. The van der Waals surface area contributed by atoms with Gasteiger partial charge in [0.15, 0.2) is 18.1 Å². The summed E-state index contributed by atoms with van der Waals surface area (Å²) in [4.78, 5) is 76.6. The first-order chi connectivity index (χ1) is 23.3. The van der Waals surface area contributed by atoms with Crippen molar-refractivity contribution in [3.8, 4) is 0 Å². The quantitative estimate of drug-likeness (QED) is 0.224. The fourth-order valence-electron chi connectivity index (χ4n) is 4.03. The zero-order valence-electron chi connectivity index (χ0n) is 25.5. The molecule has 252 valence electrons. The summed E-state index contributed by atoms with van der Waals surface area (Å²) >= 11 is 0. The molecular formula is C33H33N3O12. The van der Waals surface area contributed by atoms with Crippen LogP contribution < -0.4 is 16.0 Å². The normalized spacial score (nSPS) is 18.2. The SMILES string of the molecule is O=C(N[C@H]1COC(=O)[C@@H](NC(=O)OCc2ccccc2)COC(=O)[C@@H](NC(=O)OCc2ccccc2)COC1=O)OCc1ccccc1. The minimum absolute atomic E-state index is 0.131. The molecular weight excluding hydrogens is 630 g/mol. The van der Waals surface area contributed by atoms with Gasteiger partial charge >= 0.3 is 36.2 Å². The van der Waals surface area contributed by atoms with Crippen molar-refractivity contribution in [1.29, 1.82) is 0 Å². The lowest BCUT2D eigenvalue weighted by Gasteiger charge is -2.24. The summed E-state index contributed by atoms with van der Waals surface area (Å²) in [5.74, 6) is -3.41. The van der Waals surface area contributed by atoms with Crippen LogP contribution in [-0.2, 0) is 62.6 Å². The highest BCUT2D eigenvalue weighted by molar-refractivity contribution is 5.86. The summed E-state index contributed by atoms with van der Waals surface area (Å²) in [6.07, 6.45) is -3.12. The van der Waals surface area contributed by atoms with Gasteiger partial charge in [-0.05, 0) is 16.7 Å². The molecule has 15 heteroatoms. The maximum absolute atomic E-state index is 13.0. The summed E-state index contributed by atoms with van der Waals surface area (Å²) in [6, 6.07) is 21.3. The van der Waals surface area contributed by atoms with Crippen molar-refractivity contribution in [2.45, 2.75) is 37.9 Å². The van der Waals surface area contributed by atoms with Crippen LogP contribution in [0.1, 0.15) is 16.7 Å². The number of hydrogen-bond acceptors (Lipinski definition) is 12. The van der Waals surface area contributed by atoms with Crippen molar-refractivity contribution in [2.24, 2.45) is 0 Å². The molecule has 1 aliphatic heterocycles. The number of carbonyl (C=O) groups excluding carboxylic acids is 6. The molecule has 15 nitrogen and oxygen atoms in total. The summed E-state index contributed by atoms with van der Waals surface area (Å²) < 4.78 is 31.0. The van der Waals surface area contributed by atoms with Crippen molar-refractivity contribution < 1.29 is 57.2 Å². The second-order valence-electron chi connectivity index (χ2n) is 10.2. The molecule has 0 aromatic heterocycles. The Morgan fingerprint density at radius 1 is 0.479 bits per heavy atom. The van der Waals surface area contributed by atoms with Crippen LogP contribution in [0.15, 0.2) is 91.0 Å². The number of alkyl carbamates (subject to hydrolysis) is 3. The number of ether oxygens (including phenoxy) is 6.